The Labute approximate surface area is 211 Å². The number of nitrogens with zero attached hydrogens (tertiary/aromatic N) is 3. The lowest BCUT2D eigenvalue weighted by Crippen LogP contribution is -2.52. The maximum absolute atomic E-state index is 13.0. The van der Waals surface area contributed by atoms with E-state index in [9.17, 15) is 31.6 Å². The molecule has 0 unspecified atom stereocenters. The first-order valence-corrected chi connectivity index (χ1v) is 12.9. The number of rotatable bonds is 7. The molecule has 0 aliphatic carbocycles. The highest BCUT2D eigenvalue weighted by atomic mass is 32.2. The number of aldehydes is 1. The fraction of sp³-hybridized carbons (Fsp3) is 0.375. The summed E-state index contributed by atoms with van der Waals surface area (Å²) in [5.74, 6) is -0.547. The van der Waals surface area contributed by atoms with Gasteiger partial charge in [0, 0.05) is 30.8 Å². The number of piperidine rings is 1. The summed E-state index contributed by atoms with van der Waals surface area (Å²) >= 11 is 0. The van der Waals surface area contributed by atoms with Crippen LogP contribution < -0.4 is 10.2 Å². The molecule has 4 rings (SSSR count). The first-order chi connectivity index (χ1) is 17.4. The second-order valence-corrected chi connectivity index (χ2v) is 10.8. The van der Waals surface area contributed by atoms with Gasteiger partial charge in [0.05, 0.1) is 11.3 Å². The van der Waals surface area contributed by atoms with Crippen LogP contribution in [0.3, 0.4) is 0 Å². The van der Waals surface area contributed by atoms with Crippen molar-refractivity contribution in [3.63, 3.8) is 0 Å². The highest BCUT2D eigenvalue weighted by molar-refractivity contribution is 7.89. The van der Waals surface area contributed by atoms with Gasteiger partial charge >= 0.3 is 6.36 Å². The summed E-state index contributed by atoms with van der Waals surface area (Å²) in [6, 6.07) is 12.2. The van der Waals surface area contributed by atoms with Crippen LogP contribution >= 0.6 is 0 Å². The molecule has 37 heavy (non-hydrogen) atoms. The van der Waals surface area contributed by atoms with Crippen LogP contribution in [0.1, 0.15) is 39.9 Å². The van der Waals surface area contributed by atoms with E-state index in [1.807, 2.05) is 12.4 Å². The van der Waals surface area contributed by atoms with Crippen LogP contribution in [-0.2, 0) is 16.4 Å². The Hall–Kier alpha value is -3.47. The van der Waals surface area contributed by atoms with E-state index in [1.165, 1.54) is 4.31 Å². The smallest absolute Gasteiger partial charge is 0.405 e. The van der Waals surface area contributed by atoms with Crippen LogP contribution in [0.15, 0.2) is 40.3 Å². The standard InChI is InChI=1S/C24H23F3N4O5S/c1-16-13-17(15-32)5-6-18(16)7-12-37(34,35)31-10-8-23(9-11-31)22(30-33)28-21(29-23)19-3-2-4-20(14-19)36-24(25,26)27/h4-6,13-15,33H,7-12H2,1H3,(H,28,29,30). The van der Waals surface area contributed by atoms with Gasteiger partial charge in [0.1, 0.15) is 17.6 Å². The average molecular weight is 537 g/mol. The number of ether oxygens (including phenoxy) is 1. The Balaban J connectivity index is 1.45. The van der Waals surface area contributed by atoms with Crippen LogP contribution in [0, 0.1) is 19.1 Å². The third kappa shape index (κ3) is 5.93. The van der Waals surface area contributed by atoms with Crippen LogP contribution in [0.4, 0.5) is 13.2 Å². The van der Waals surface area contributed by atoms with Gasteiger partial charge in [-0.1, -0.05) is 24.3 Å². The number of halogens is 3. The van der Waals surface area contributed by atoms with Crippen LogP contribution in [0.25, 0.3) is 0 Å². The topological polar surface area (TPSA) is 121 Å². The molecule has 0 atom stereocenters. The number of nitrogens with one attached hydrogen (secondary N) is 1. The fourth-order valence-corrected chi connectivity index (χ4v) is 5.86. The number of hydroxylamine groups is 1. The monoisotopic (exact) mass is 536 g/mol. The first-order valence-electron chi connectivity index (χ1n) is 11.3. The maximum Gasteiger partial charge on any atom is 0.573 e. The number of carbonyl (C=O) groups is 1. The van der Waals surface area contributed by atoms with Gasteiger partial charge in [0.25, 0.3) is 0 Å². The van der Waals surface area contributed by atoms with Crippen molar-refractivity contribution in [1.29, 1.82) is 0 Å². The number of alkyl halides is 3. The molecular weight excluding hydrogens is 513 g/mol. The summed E-state index contributed by atoms with van der Waals surface area (Å²) in [5, 5.41) is 9.66. The molecule has 2 N–H and O–H groups in total. The van der Waals surface area contributed by atoms with Crippen LogP contribution in [-0.4, -0.2) is 66.6 Å². The van der Waals surface area contributed by atoms with Gasteiger partial charge in [-0.2, -0.15) is 0 Å². The summed E-state index contributed by atoms with van der Waals surface area (Å²) in [6.07, 6.45) is -3.49. The van der Waals surface area contributed by atoms with Crippen molar-refractivity contribution in [2.24, 2.45) is 9.98 Å². The van der Waals surface area contributed by atoms with Gasteiger partial charge in [0.2, 0.25) is 10.0 Å². The number of amidine groups is 2. The molecule has 0 saturated carbocycles. The first kappa shape index (κ1) is 26.6. The molecule has 2 heterocycles. The summed E-state index contributed by atoms with van der Waals surface area (Å²) in [5.41, 5.74) is 3.20. The van der Waals surface area contributed by atoms with E-state index in [0.717, 1.165) is 29.5 Å². The Morgan fingerprint density at radius 2 is 2.00 bits per heavy atom. The molecule has 13 heteroatoms. The van der Waals surface area contributed by atoms with E-state index in [0.29, 0.717) is 5.56 Å². The molecule has 196 valence electrons. The molecule has 1 spiro atoms. The summed E-state index contributed by atoms with van der Waals surface area (Å²) in [7, 11) is -3.61. The Morgan fingerprint density at radius 1 is 1.27 bits per heavy atom. The third-order valence-electron chi connectivity index (χ3n) is 6.34. The van der Waals surface area contributed by atoms with Crippen molar-refractivity contribution in [1.82, 2.24) is 9.79 Å². The third-order valence-corrected chi connectivity index (χ3v) is 8.21. The van der Waals surface area contributed by atoms with Gasteiger partial charge in [0.15, 0.2) is 11.7 Å². The zero-order valence-electron chi connectivity index (χ0n) is 19.7. The van der Waals surface area contributed by atoms with Gasteiger partial charge in [-0.3, -0.25) is 20.5 Å². The largest absolute Gasteiger partial charge is 0.573 e. The minimum atomic E-state index is -4.89. The summed E-state index contributed by atoms with van der Waals surface area (Å²) in [6.45, 7) is 2.03. The van der Waals surface area contributed by atoms with E-state index in [-0.39, 0.29) is 55.3 Å². The molecule has 2 aromatic rings. The molecule has 2 aromatic carbocycles. The van der Waals surface area contributed by atoms with Crippen molar-refractivity contribution in [2.75, 3.05) is 18.8 Å². The summed E-state index contributed by atoms with van der Waals surface area (Å²) in [4.78, 5) is 19.7. The van der Waals surface area contributed by atoms with Gasteiger partial charge in [-0.25, -0.2) is 17.7 Å². The molecule has 2 aliphatic rings. The molecule has 0 amide bonds. The quantitative estimate of drug-likeness (QED) is 0.415. The van der Waals surface area contributed by atoms with Crippen LogP contribution in [0.5, 0.6) is 5.75 Å². The predicted octanol–water partition coefficient (Wildman–Crippen LogP) is 2.85. The number of aliphatic imine (C=N–C) groups is 2. The number of sulfonamides is 1. The van der Waals surface area contributed by atoms with Crippen molar-refractivity contribution in [3.8, 4) is 5.75 Å². The lowest BCUT2D eigenvalue weighted by Gasteiger charge is -2.36. The van der Waals surface area contributed by atoms with E-state index >= 15 is 0 Å². The van der Waals surface area contributed by atoms with E-state index in [1.54, 1.807) is 18.2 Å². The second kappa shape index (κ2) is 10.1. The number of carbonyl (C=O) groups excluding carboxylic acids is 1. The van der Waals surface area contributed by atoms with Crippen molar-refractivity contribution < 1.29 is 36.3 Å². The molecule has 9 nitrogen and oxygen atoms in total. The fourth-order valence-electron chi connectivity index (χ4n) is 4.38. The van der Waals surface area contributed by atoms with E-state index in [2.05, 4.69) is 26.9 Å². The zero-order chi connectivity index (χ0) is 26.8. The number of aryl methyl sites for hydroxylation is 2. The molecule has 1 saturated heterocycles. The Bertz CT molecular complexity index is 1350. The van der Waals surface area contributed by atoms with Gasteiger partial charge < -0.3 is 4.74 Å². The lowest BCUT2D eigenvalue weighted by atomic mass is 9.88. The maximum atomic E-state index is 13.0. The lowest BCUT2D eigenvalue weighted by molar-refractivity contribution is -0.274. The Kier molecular flexibility index (Phi) is 7.27. The van der Waals surface area contributed by atoms with Gasteiger partial charge in [-0.05, 0) is 43.4 Å². The average Bonchev–Trinajstić information content (AvgIpc) is 3.20. The van der Waals surface area contributed by atoms with Crippen LogP contribution in [0.2, 0.25) is 0 Å². The molecular formula is C24H23F3N4O5S. The van der Waals surface area contributed by atoms with Crippen molar-refractivity contribution in [2.45, 2.75) is 38.1 Å². The normalized spacial score (nSPS) is 17.6. The predicted molar refractivity (Wildman–Crippen MR) is 127 cm³/mol. The summed E-state index contributed by atoms with van der Waals surface area (Å²) < 4.78 is 69.0. The number of hydrogen-bond donors (Lipinski definition) is 2. The van der Waals surface area contributed by atoms with Crippen molar-refractivity contribution >= 4 is 28.0 Å². The van der Waals surface area contributed by atoms with E-state index < -0.39 is 27.7 Å². The number of benzene rings is 1. The molecule has 0 aromatic heterocycles. The Morgan fingerprint density at radius 3 is 2.62 bits per heavy atom. The van der Waals surface area contributed by atoms with Gasteiger partial charge in [-0.15, -0.1) is 13.2 Å². The molecule has 0 bridgehead atoms. The molecule has 0 radical (unpaired) electrons. The minimum absolute atomic E-state index is 0.0194. The highest BCUT2D eigenvalue weighted by Crippen LogP contribution is 2.34. The highest BCUT2D eigenvalue weighted by Gasteiger charge is 2.45. The minimum Gasteiger partial charge on any atom is -0.405 e. The SMILES string of the molecule is Cc1cc(C=O)ccc1CCS(=O)(=O)N1CCC2(CC1)N=C(c1c#ccc(OC(F)(F)F)c1)N=C2NO. The zero-order valence-corrected chi connectivity index (χ0v) is 20.5. The number of hydrogen-bond acceptors (Lipinski definition) is 8. The van der Waals surface area contributed by atoms with E-state index in [4.69, 9.17) is 0 Å². The second-order valence-electron chi connectivity index (χ2n) is 8.73. The van der Waals surface area contributed by atoms with Crippen molar-refractivity contribution in [3.05, 3.63) is 64.7 Å². The molecule has 2 aliphatic heterocycles. The molecule has 1 fully saturated rings.